The van der Waals surface area contributed by atoms with Crippen LogP contribution < -0.4 is 15.0 Å². The molecule has 1 atom stereocenters. The van der Waals surface area contributed by atoms with E-state index >= 15 is 0 Å². The van der Waals surface area contributed by atoms with Crippen molar-refractivity contribution < 1.29 is 9.53 Å². The molecule has 5 nitrogen and oxygen atoms in total. The Hall–Kier alpha value is -1.79. The SMILES string of the molecule is CN1c2c(ccc(Oc3ccnc(CC(=O)C4CC4)c3)c2Cl)NC1Br. The smallest absolute Gasteiger partial charge is 0.157 e. The Morgan fingerprint density at radius 3 is 3.00 bits per heavy atom. The van der Waals surface area contributed by atoms with E-state index in [1.54, 1.807) is 18.3 Å². The zero-order chi connectivity index (χ0) is 17.6. The summed E-state index contributed by atoms with van der Waals surface area (Å²) in [6.45, 7) is 0. The number of hydrogen-bond donors (Lipinski definition) is 1. The second-order valence-electron chi connectivity index (χ2n) is 6.37. The summed E-state index contributed by atoms with van der Waals surface area (Å²) in [7, 11) is 1.95. The fourth-order valence-electron chi connectivity index (χ4n) is 2.90. The van der Waals surface area contributed by atoms with Gasteiger partial charge < -0.3 is 15.0 Å². The number of fused-ring (bicyclic) bond motifs is 1. The Balaban J connectivity index is 1.56. The highest BCUT2D eigenvalue weighted by molar-refractivity contribution is 9.09. The summed E-state index contributed by atoms with van der Waals surface area (Å²) in [5, 5.41) is 3.82. The lowest BCUT2D eigenvalue weighted by molar-refractivity contribution is -0.119. The highest BCUT2D eigenvalue weighted by Gasteiger charge is 2.30. The standard InChI is InChI=1S/C18H17BrClN3O2/c1-23-17-13(22-18(23)19)4-5-15(16(17)20)25-12-6-7-21-11(8-12)9-14(24)10-2-3-10/h4-8,10,18,22H,2-3,9H2,1H3. The maximum atomic E-state index is 12.0. The molecule has 1 aliphatic carbocycles. The number of halogens is 2. The fourth-order valence-corrected chi connectivity index (χ4v) is 3.68. The topological polar surface area (TPSA) is 54.5 Å². The summed E-state index contributed by atoms with van der Waals surface area (Å²) in [4.78, 5) is 18.2. The first kappa shape index (κ1) is 16.7. The molecular weight excluding hydrogens is 406 g/mol. The summed E-state index contributed by atoms with van der Waals surface area (Å²) in [5.74, 6) is 1.69. The number of rotatable bonds is 5. The van der Waals surface area contributed by atoms with Crippen molar-refractivity contribution in [3.05, 3.63) is 41.2 Å². The molecule has 1 aliphatic heterocycles. The van der Waals surface area contributed by atoms with E-state index in [2.05, 4.69) is 26.2 Å². The lowest BCUT2D eigenvalue weighted by Gasteiger charge is -2.18. The van der Waals surface area contributed by atoms with Crippen LogP contribution >= 0.6 is 27.5 Å². The molecule has 2 heterocycles. The molecular formula is C18H17BrClN3O2. The van der Waals surface area contributed by atoms with Crippen molar-refractivity contribution in [1.29, 1.82) is 0 Å². The van der Waals surface area contributed by atoms with Gasteiger partial charge in [0, 0.05) is 31.6 Å². The van der Waals surface area contributed by atoms with Crippen LogP contribution in [0.3, 0.4) is 0 Å². The van der Waals surface area contributed by atoms with Gasteiger partial charge in [-0.05, 0) is 47.0 Å². The number of ether oxygens (including phenoxy) is 1. The maximum Gasteiger partial charge on any atom is 0.157 e. The average Bonchev–Trinajstić information content (AvgIpc) is 3.38. The number of carbonyl (C=O) groups is 1. The van der Waals surface area contributed by atoms with Gasteiger partial charge in [0.25, 0.3) is 0 Å². The molecule has 0 bridgehead atoms. The summed E-state index contributed by atoms with van der Waals surface area (Å²) >= 11 is 10.1. The van der Waals surface area contributed by atoms with Crippen molar-refractivity contribution in [1.82, 2.24) is 4.98 Å². The molecule has 1 saturated carbocycles. The lowest BCUT2D eigenvalue weighted by atomic mass is 10.1. The van der Waals surface area contributed by atoms with Crippen LogP contribution in [0.5, 0.6) is 11.5 Å². The minimum Gasteiger partial charge on any atom is -0.456 e. The number of nitrogens with zero attached hydrogens (tertiary/aromatic N) is 2. The highest BCUT2D eigenvalue weighted by atomic mass is 79.9. The highest BCUT2D eigenvalue weighted by Crippen LogP contribution is 2.46. The number of ketones is 1. The van der Waals surface area contributed by atoms with E-state index < -0.39 is 0 Å². The number of alkyl halides is 1. The van der Waals surface area contributed by atoms with Crippen molar-refractivity contribution in [2.75, 3.05) is 17.3 Å². The van der Waals surface area contributed by atoms with E-state index in [9.17, 15) is 4.79 Å². The third-order valence-corrected chi connectivity index (χ3v) is 5.66. The van der Waals surface area contributed by atoms with E-state index in [4.69, 9.17) is 16.3 Å². The molecule has 0 spiro atoms. The maximum absolute atomic E-state index is 12.0. The number of pyridine rings is 1. The molecule has 1 fully saturated rings. The second-order valence-corrected chi connectivity index (χ2v) is 7.61. The summed E-state index contributed by atoms with van der Waals surface area (Å²) in [6, 6.07) is 7.35. The van der Waals surface area contributed by atoms with Crippen LogP contribution in [0.4, 0.5) is 11.4 Å². The Morgan fingerprint density at radius 2 is 2.24 bits per heavy atom. The van der Waals surface area contributed by atoms with Crippen LogP contribution in [0.25, 0.3) is 0 Å². The third-order valence-electron chi connectivity index (χ3n) is 4.45. The van der Waals surface area contributed by atoms with Crippen molar-refractivity contribution in [2.45, 2.75) is 24.3 Å². The van der Waals surface area contributed by atoms with Crippen molar-refractivity contribution in [3.8, 4) is 11.5 Å². The first-order valence-corrected chi connectivity index (χ1v) is 9.44. The zero-order valence-corrected chi connectivity index (χ0v) is 16.0. The van der Waals surface area contributed by atoms with Gasteiger partial charge in [0.2, 0.25) is 0 Å². The van der Waals surface area contributed by atoms with Gasteiger partial charge in [-0.3, -0.25) is 9.78 Å². The molecule has 25 heavy (non-hydrogen) atoms. The van der Waals surface area contributed by atoms with E-state index in [-0.39, 0.29) is 16.8 Å². The van der Waals surface area contributed by atoms with Crippen LogP contribution in [0.1, 0.15) is 18.5 Å². The van der Waals surface area contributed by atoms with Gasteiger partial charge in [-0.15, -0.1) is 0 Å². The van der Waals surface area contributed by atoms with E-state index in [1.165, 1.54) is 0 Å². The predicted molar refractivity (Wildman–Crippen MR) is 102 cm³/mol. The Kier molecular flexibility index (Phi) is 4.33. The number of benzene rings is 1. The fraction of sp³-hybridized carbons (Fsp3) is 0.333. The average molecular weight is 423 g/mol. The van der Waals surface area contributed by atoms with Crippen LogP contribution in [-0.4, -0.2) is 22.9 Å². The quantitative estimate of drug-likeness (QED) is 0.564. The first-order chi connectivity index (χ1) is 12.0. The molecule has 130 valence electrons. The largest absolute Gasteiger partial charge is 0.456 e. The molecule has 4 rings (SSSR count). The normalized spacial score (nSPS) is 18.7. The molecule has 1 aromatic carbocycles. The number of aromatic nitrogens is 1. The second kappa shape index (κ2) is 6.50. The monoisotopic (exact) mass is 421 g/mol. The van der Waals surface area contributed by atoms with Crippen LogP contribution in [-0.2, 0) is 11.2 Å². The number of carbonyl (C=O) groups excluding carboxylic acids is 1. The number of hydrogen-bond acceptors (Lipinski definition) is 5. The van der Waals surface area contributed by atoms with Crippen LogP contribution in [0.15, 0.2) is 30.5 Å². The van der Waals surface area contributed by atoms with Gasteiger partial charge in [-0.2, -0.15) is 0 Å². The molecule has 0 radical (unpaired) electrons. The molecule has 1 unspecified atom stereocenters. The van der Waals surface area contributed by atoms with E-state index in [0.717, 1.165) is 29.9 Å². The van der Waals surface area contributed by atoms with Gasteiger partial charge in [-0.25, -0.2) is 0 Å². The Bertz CT molecular complexity index is 841. The van der Waals surface area contributed by atoms with E-state index in [0.29, 0.717) is 22.9 Å². The van der Waals surface area contributed by atoms with Crippen LogP contribution in [0, 0.1) is 5.92 Å². The van der Waals surface area contributed by atoms with E-state index in [1.807, 2.05) is 24.1 Å². The first-order valence-electron chi connectivity index (χ1n) is 8.14. The minimum absolute atomic E-state index is 0.00351. The van der Waals surface area contributed by atoms with Gasteiger partial charge in [0.15, 0.2) is 5.08 Å². The van der Waals surface area contributed by atoms with Crippen LogP contribution in [0.2, 0.25) is 5.02 Å². The Labute approximate surface area is 159 Å². The number of nitrogens with one attached hydrogen (secondary N) is 1. The lowest BCUT2D eigenvalue weighted by Crippen LogP contribution is -2.25. The van der Waals surface area contributed by atoms with Crippen molar-refractivity contribution in [3.63, 3.8) is 0 Å². The van der Waals surface area contributed by atoms with Gasteiger partial charge in [-0.1, -0.05) is 11.6 Å². The molecule has 1 aromatic heterocycles. The predicted octanol–water partition coefficient (Wildman–Crippen LogP) is 4.59. The van der Waals surface area contributed by atoms with Crippen molar-refractivity contribution >= 4 is 44.7 Å². The summed E-state index contributed by atoms with van der Waals surface area (Å²) in [6.07, 6.45) is 4.04. The van der Waals surface area contributed by atoms with Crippen molar-refractivity contribution in [2.24, 2.45) is 5.92 Å². The molecule has 7 heteroatoms. The number of anilines is 2. The Morgan fingerprint density at radius 1 is 1.44 bits per heavy atom. The van der Waals surface area contributed by atoms with Gasteiger partial charge in [0.05, 0.1) is 17.1 Å². The van der Waals surface area contributed by atoms with Gasteiger partial charge in [0.1, 0.15) is 22.3 Å². The summed E-state index contributed by atoms with van der Waals surface area (Å²) in [5.41, 5.74) is 2.57. The molecule has 2 aromatic rings. The third kappa shape index (κ3) is 3.33. The molecule has 0 amide bonds. The van der Waals surface area contributed by atoms with Gasteiger partial charge >= 0.3 is 0 Å². The molecule has 1 N–H and O–H groups in total. The minimum atomic E-state index is -0.00351. The zero-order valence-electron chi connectivity index (χ0n) is 13.6. The summed E-state index contributed by atoms with van der Waals surface area (Å²) < 4.78 is 5.96. The molecule has 2 aliphatic rings. The molecule has 0 saturated heterocycles. The number of Topliss-reactive ketones (excluding diaryl/α,β-unsaturated/α-hetero) is 1.